The number of alkyl halides is 3. The monoisotopic (exact) mass is 296 g/mol. The number of rotatable bonds is 7. The van der Waals surface area contributed by atoms with Gasteiger partial charge in [0.15, 0.2) is 5.82 Å². The van der Waals surface area contributed by atoms with Crippen LogP contribution in [0.2, 0.25) is 0 Å². The fraction of sp³-hybridized carbons (Fsp3) is 0.700. The summed E-state index contributed by atoms with van der Waals surface area (Å²) in [6, 6.07) is 0. The van der Waals surface area contributed by atoms with E-state index in [9.17, 15) is 23.3 Å². The van der Waals surface area contributed by atoms with Gasteiger partial charge in [-0.25, -0.2) is 9.55 Å². The van der Waals surface area contributed by atoms with Gasteiger partial charge in [-0.2, -0.15) is 13.2 Å². The summed E-state index contributed by atoms with van der Waals surface area (Å²) in [5.74, 6) is 0.0890. The molecule has 0 unspecified atom stereocenters. The quantitative estimate of drug-likeness (QED) is 0.598. The fourth-order valence-corrected chi connectivity index (χ4v) is 1.78. The van der Waals surface area contributed by atoms with E-state index >= 15 is 0 Å². The zero-order chi connectivity index (χ0) is 15.3. The number of halogens is 3. The van der Waals surface area contributed by atoms with Gasteiger partial charge in [0.05, 0.1) is 13.2 Å². The first-order valence-electron chi connectivity index (χ1n) is 5.81. The van der Waals surface area contributed by atoms with Crippen molar-refractivity contribution in [2.45, 2.75) is 19.6 Å². The standard InChI is InChI=1S/C10H15F3N4O3/c1-8-14-6-9(17(19)20)16(8)3-2-15(4-5-18)7-10(11,12)13/h6,18H,2-5,7H2,1H3. The summed E-state index contributed by atoms with van der Waals surface area (Å²) in [5.41, 5.74) is 0. The Morgan fingerprint density at radius 1 is 1.50 bits per heavy atom. The van der Waals surface area contributed by atoms with E-state index in [1.165, 1.54) is 11.5 Å². The molecule has 0 saturated heterocycles. The van der Waals surface area contributed by atoms with E-state index in [-0.39, 0.29) is 25.5 Å². The van der Waals surface area contributed by atoms with Crippen molar-refractivity contribution in [2.24, 2.45) is 0 Å². The minimum absolute atomic E-state index is 0.00176. The van der Waals surface area contributed by atoms with Gasteiger partial charge >= 0.3 is 12.0 Å². The Morgan fingerprint density at radius 3 is 2.65 bits per heavy atom. The molecule has 0 aliphatic heterocycles. The van der Waals surface area contributed by atoms with Gasteiger partial charge in [-0.3, -0.25) is 4.90 Å². The van der Waals surface area contributed by atoms with Crippen molar-refractivity contribution >= 4 is 5.82 Å². The van der Waals surface area contributed by atoms with Crippen molar-refractivity contribution in [1.82, 2.24) is 14.5 Å². The summed E-state index contributed by atoms with van der Waals surface area (Å²) >= 11 is 0. The molecule has 0 radical (unpaired) electrons. The maximum absolute atomic E-state index is 12.3. The molecule has 0 spiro atoms. The van der Waals surface area contributed by atoms with Gasteiger partial charge in [0, 0.05) is 20.0 Å². The Labute approximate surface area is 112 Å². The van der Waals surface area contributed by atoms with Crippen LogP contribution in [-0.2, 0) is 6.54 Å². The Kier molecular flexibility index (Phi) is 5.45. The lowest BCUT2D eigenvalue weighted by molar-refractivity contribution is -0.392. The number of hydrogen-bond acceptors (Lipinski definition) is 5. The molecule has 1 aromatic heterocycles. The second kappa shape index (κ2) is 6.66. The first-order chi connectivity index (χ1) is 9.24. The largest absolute Gasteiger partial charge is 0.401 e. The molecule has 0 saturated carbocycles. The summed E-state index contributed by atoms with van der Waals surface area (Å²) < 4.78 is 38.2. The van der Waals surface area contributed by atoms with Crippen LogP contribution in [0.15, 0.2) is 6.20 Å². The Bertz CT molecular complexity index is 461. The third-order valence-corrected chi connectivity index (χ3v) is 2.68. The lowest BCUT2D eigenvalue weighted by Crippen LogP contribution is -2.38. The highest BCUT2D eigenvalue weighted by Crippen LogP contribution is 2.17. The molecule has 0 bridgehead atoms. The third kappa shape index (κ3) is 4.78. The summed E-state index contributed by atoms with van der Waals surface area (Å²) in [5, 5.41) is 19.5. The minimum Gasteiger partial charge on any atom is -0.395 e. The minimum atomic E-state index is -4.38. The fourth-order valence-electron chi connectivity index (χ4n) is 1.78. The van der Waals surface area contributed by atoms with Crippen molar-refractivity contribution < 1.29 is 23.2 Å². The second-order valence-corrected chi connectivity index (χ2v) is 4.19. The van der Waals surface area contributed by atoms with E-state index < -0.39 is 24.3 Å². The van der Waals surface area contributed by atoms with Gasteiger partial charge in [-0.1, -0.05) is 0 Å². The van der Waals surface area contributed by atoms with E-state index in [4.69, 9.17) is 5.11 Å². The Balaban J connectivity index is 2.72. The number of aliphatic hydroxyl groups is 1. The zero-order valence-corrected chi connectivity index (χ0v) is 10.8. The van der Waals surface area contributed by atoms with Crippen LogP contribution in [0.5, 0.6) is 0 Å². The van der Waals surface area contributed by atoms with Gasteiger partial charge in [-0.05, 0) is 4.92 Å². The molecule has 0 aromatic carbocycles. The van der Waals surface area contributed by atoms with Crippen molar-refractivity contribution in [3.8, 4) is 0 Å². The van der Waals surface area contributed by atoms with E-state index in [1.807, 2.05) is 0 Å². The predicted molar refractivity (Wildman–Crippen MR) is 63.2 cm³/mol. The summed E-state index contributed by atoms with van der Waals surface area (Å²) in [7, 11) is 0. The number of aryl methyl sites for hydroxylation is 1. The topological polar surface area (TPSA) is 84.4 Å². The lowest BCUT2D eigenvalue weighted by Gasteiger charge is -2.21. The van der Waals surface area contributed by atoms with Gasteiger partial charge in [0.2, 0.25) is 0 Å². The van der Waals surface area contributed by atoms with Crippen molar-refractivity contribution in [1.29, 1.82) is 0 Å². The average molecular weight is 296 g/mol. The van der Waals surface area contributed by atoms with Crippen molar-refractivity contribution in [3.63, 3.8) is 0 Å². The molecular formula is C10H15F3N4O3. The molecule has 1 rings (SSSR count). The van der Waals surface area contributed by atoms with E-state index in [0.29, 0.717) is 5.82 Å². The molecule has 0 atom stereocenters. The number of nitrogens with zero attached hydrogens (tertiary/aromatic N) is 4. The summed E-state index contributed by atoms with van der Waals surface area (Å²) in [6.07, 6.45) is -3.32. The molecule has 0 fully saturated rings. The van der Waals surface area contributed by atoms with Crippen LogP contribution < -0.4 is 0 Å². The molecule has 1 aromatic rings. The maximum Gasteiger partial charge on any atom is 0.401 e. The highest BCUT2D eigenvalue weighted by Gasteiger charge is 2.31. The smallest absolute Gasteiger partial charge is 0.395 e. The maximum atomic E-state index is 12.3. The molecule has 1 N–H and O–H groups in total. The van der Waals surface area contributed by atoms with Crippen LogP contribution in [0.3, 0.4) is 0 Å². The summed E-state index contributed by atoms with van der Waals surface area (Å²) in [4.78, 5) is 14.9. The molecule has 20 heavy (non-hydrogen) atoms. The van der Waals surface area contributed by atoms with Crippen LogP contribution in [0.4, 0.5) is 19.0 Å². The highest BCUT2D eigenvalue weighted by molar-refractivity contribution is 5.18. The number of imidazole rings is 1. The van der Waals surface area contributed by atoms with Gasteiger partial charge in [0.1, 0.15) is 12.7 Å². The highest BCUT2D eigenvalue weighted by atomic mass is 19.4. The van der Waals surface area contributed by atoms with Crippen LogP contribution in [0.25, 0.3) is 0 Å². The summed E-state index contributed by atoms with van der Waals surface area (Å²) in [6.45, 7) is -0.277. The number of nitro groups is 1. The van der Waals surface area contributed by atoms with Crippen molar-refractivity contribution in [3.05, 3.63) is 22.1 Å². The van der Waals surface area contributed by atoms with E-state index in [2.05, 4.69) is 4.98 Å². The van der Waals surface area contributed by atoms with Gasteiger partial charge in [0.25, 0.3) is 0 Å². The van der Waals surface area contributed by atoms with E-state index in [0.717, 1.165) is 11.1 Å². The molecule has 0 amide bonds. The SMILES string of the molecule is Cc1ncc([N+](=O)[O-])n1CCN(CCO)CC(F)(F)F. The molecule has 10 heteroatoms. The van der Waals surface area contributed by atoms with Crippen LogP contribution in [0.1, 0.15) is 5.82 Å². The molecule has 1 heterocycles. The first-order valence-corrected chi connectivity index (χ1v) is 5.81. The molecule has 0 aliphatic carbocycles. The normalized spacial score (nSPS) is 12.1. The average Bonchev–Trinajstić information content (AvgIpc) is 2.66. The van der Waals surface area contributed by atoms with Crippen LogP contribution in [-0.4, -0.2) is 56.9 Å². The van der Waals surface area contributed by atoms with E-state index in [1.54, 1.807) is 0 Å². The Hall–Kier alpha value is -1.68. The number of aliphatic hydroxyl groups excluding tert-OH is 1. The van der Waals surface area contributed by atoms with Gasteiger partial charge in [-0.15, -0.1) is 0 Å². The number of hydrogen-bond donors (Lipinski definition) is 1. The zero-order valence-electron chi connectivity index (χ0n) is 10.8. The molecule has 0 aliphatic rings. The lowest BCUT2D eigenvalue weighted by atomic mass is 10.4. The second-order valence-electron chi connectivity index (χ2n) is 4.19. The molecular weight excluding hydrogens is 281 g/mol. The third-order valence-electron chi connectivity index (χ3n) is 2.68. The van der Waals surface area contributed by atoms with Gasteiger partial charge < -0.3 is 15.2 Å². The Morgan fingerprint density at radius 2 is 2.15 bits per heavy atom. The molecule has 114 valence electrons. The molecule has 7 nitrogen and oxygen atoms in total. The van der Waals surface area contributed by atoms with Crippen LogP contribution in [0, 0.1) is 17.0 Å². The predicted octanol–water partition coefficient (Wildman–Crippen LogP) is 0.956. The number of aromatic nitrogens is 2. The van der Waals surface area contributed by atoms with Crippen molar-refractivity contribution in [2.75, 3.05) is 26.2 Å². The first kappa shape index (κ1) is 16.4. The van der Waals surface area contributed by atoms with Crippen LogP contribution >= 0.6 is 0 Å².